The summed E-state index contributed by atoms with van der Waals surface area (Å²) >= 11 is 0.978. The molecule has 2 aromatic heterocycles. The summed E-state index contributed by atoms with van der Waals surface area (Å²) in [5.41, 5.74) is 12.4. The third kappa shape index (κ3) is 6.97. The van der Waals surface area contributed by atoms with E-state index in [1.165, 1.54) is 11.0 Å². The van der Waals surface area contributed by atoms with Gasteiger partial charge < -0.3 is 37.1 Å². The van der Waals surface area contributed by atoms with Crippen molar-refractivity contribution in [3.8, 4) is 0 Å². The normalized spacial score (nSPS) is 14.9. The number of carboxylic acids is 2. The van der Waals surface area contributed by atoms with E-state index in [2.05, 4.69) is 20.6 Å². The van der Waals surface area contributed by atoms with E-state index >= 15 is 0 Å². The van der Waals surface area contributed by atoms with Gasteiger partial charge in [0.25, 0.3) is 5.91 Å². The summed E-state index contributed by atoms with van der Waals surface area (Å²) in [6.45, 7) is 4.17. The number of rotatable bonds is 11. The average molecular weight is 536 g/mol. The van der Waals surface area contributed by atoms with Crippen LogP contribution in [-0.4, -0.2) is 69.4 Å². The van der Waals surface area contributed by atoms with Crippen molar-refractivity contribution in [3.63, 3.8) is 0 Å². The summed E-state index contributed by atoms with van der Waals surface area (Å²) < 4.78 is 5.39. The largest absolute Gasteiger partial charge is 0.481 e. The zero-order valence-electron chi connectivity index (χ0n) is 20.3. The van der Waals surface area contributed by atoms with Crippen LogP contribution in [0.4, 0.5) is 27.4 Å². The van der Waals surface area contributed by atoms with Gasteiger partial charge >= 0.3 is 18.0 Å². The minimum atomic E-state index is -1.37. The maximum Gasteiger partial charge on any atom is 0.415 e. The molecule has 0 saturated carbocycles. The quantitative estimate of drug-likeness (QED) is 0.242. The molecule has 0 aliphatic carbocycles. The van der Waals surface area contributed by atoms with Crippen molar-refractivity contribution >= 4 is 57.9 Å². The van der Waals surface area contributed by atoms with Crippen LogP contribution in [0.2, 0.25) is 0 Å². The van der Waals surface area contributed by atoms with E-state index in [9.17, 15) is 24.3 Å². The Balaban J connectivity index is 1.75. The summed E-state index contributed by atoms with van der Waals surface area (Å²) in [6, 6.07) is 1.66. The Morgan fingerprint density at radius 2 is 1.97 bits per heavy atom. The van der Waals surface area contributed by atoms with Gasteiger partial charge in [-0.3, -0.25) is 14.5 Å². The van der Waals surface area contributed by atoms with Gasteiger partial charge in [0.2, 0.25) is 5.95 Å². The molecule has 2 aromatic rings. The maximum atomic E-state index is 12.9. The lowest BCUT2D eigenvalue weighted by atomic mass is 9.99. The summed E-state index contributed by atoms with van der Waals surface area (Å²) in [5.74, 6) is -2.43. The predicted molar refractivity (Wildman–Crippen MR) is 136 cm³/mol. The molecular formula is C22H29N7O7S. The van der Waals surface area contributed by atoms with Crippen LogP contribution in [0.5, 0.6) is 0 Å². The van der Waals surface area contributed by atoms with E-state index in [4.69, 9.17) is 21.3 Å². The van der Waals surface area contributed by atoms with Gasteiger partial charge in [-0.1, -0.05) is 0 Å². The molecule has 3 heterocycles. The van der Waals surface area contributed by atoms with Crippen molar-refractivity contribution in [1.82, 2.24) is 15.3 Å². The molecule has 8 N–H and O–H groups in total. The fraction of sp³-hybridized carbons (Fsp3) is 0.455. The Labute approximate surface area is 216 Å². The highest BCUT2D eigenvalue weighted by molar-refractivity contribution is 7.18. The molecule has 200 valence electrons. The van der Waals surface area contributed by atoms with E-state index in [0.29, 0.717) is 23.8 Å². The van der Waals surface area contributed by atoms with Crippen LogP contribution >= 0.6 is 11.3 Å². The fourth-order valence-corrected chi connectivity index (χ4v) is 4.73. The van der Waals surface area contributed by atoms with Crippen LogP contribution < -0.4 is 27.0 Å². The SMILES string of the molecule is CC(C)OC(=O)N(CCC1CNc2nc(N)nc(N)c21)c1ccc(C(=O)N[C@@H](CCC(=O)O)C(=O)O)s1. The van der Waals surface area contributed by atoms with Crippen molar-refractivity contribution in [3.05, 3.63) is 22.6 Å². The van der Waals surface area contributed by atoms with Gasteiger partial charge in [0, 0.05) is 31.0 Å². The van der Waals surface area contributed by atoms with E-state index in [0.717, 1.165) is 16.9 Å². The Hall–Kier alpha value is -4.14. The molecule has 37 heavy (non-hydrogen) atoms. The number of nitrogens with zero attached hydrogens (tertiary/aromatic N) is 3. The van der Waals surface area contributed by atoms with Crippen molar-refractivity contribution in [2.24, 2.45) is 0 Å². The standard InChI is InChI=1S/C22H29N7O7S/c1-10(2)36-22(35)29(8-7-11-9-25-18-16(11)17(23)27-21(24)28-18)14-5-4-13(37-14)19(32)26-12(20(33)34)3-6-15(30)31/h4-5,10-12H,3,6-9H2,1-2H3,(H,26,32)(H,30,31)(H,33,34)(H5,23,24,25,27,28)/t11?,12-/m0/s1. The Kier molecular flexibility index (Phi) is 8.70. The summed E-state index contributed by atoms with van der Waals surface area (Å²) in [5, 5.41) is 24.0. The molecule has 0 bridgehead atoms. The first-order valence-electron chi connectivity index (χ1n) is 11.5. The Bertz CT molecular complexity index is 1190. The lowest BCUT2D eigenvalue weighted by molar-refractivity contribution is -0.140. The number of carboxylic acid groups (broad SMARTS) is 2. The number of hydrogen-bond acceptors (Lipinski definition) is 11. The van der Waals surface area contributed by atoms with Gasteiger partial charge in [0.05, 0.1) is 11.0 Å². The minimum absolute atomic E-state index is 0.0593. The lowest BCUT2D eigenvalue weighted by Crippen LogP contribution is -2.40. The lowest BCUT2D eigenvalue weighted by Gasteiger charge is -2.23. The highest BCUT2D eigenvalue weighted by Crippen LogP contribution is 2.37. The number of hydrogen-bond donors (Lipinski definition) is 6. The number of fused-ring (bicyclic) bond motifs is 1. The van der Waals surface area contributed by atoms with Crippen molar-refractivity contribution in [1.29, 1.82) is 0 Å². The van der Waals surface area contributed by atoms with Crippen LogP contribution in [-0.2, 0) is 14.3 Å². The third-order valence-electron chi connectivity index (χ3n) is 5.51. The van der Waals surface area contributed by atoms with Gasteiger partial charge in [-0.15, -0.1) is 11.3 Å². The highest BCUT2D eigenvalue weighted by atomic mass is 32.1. The van der Waals surface area contributed by atoms with Crippen LogP contribution in [0.1, 0.15) is 54.3 Å². The molecule has 1 unspecified atom stereocenters. The van der Waals surface area contributed by atoms with Crippen molar-refractivity contribution in [2.45, 2.75) is 51.2 Å². The molecule has 2 atom stereocenters. The topological polar surface area (TPSA) is 223 Å². The van der Waals surface area contributed by atoms with Crippen LogP contribution in [0, 0.1) is 0 Å². The molecule has 0 spiro atoms. The predicted octanol–water partition coefficient (Wildman–Crippen LogP) is 1.70. The molecule has 3 rings (SSSR count). The smallest absolute Gasteiger partial charge is 0.415 e. The second-order valence-electron chi connectivity index (χ2n) is 8.61. The zero-order valence-corrected chi connectivity index (χ0v) is 21.1. The number of nitrogens with two attached hydrogens (primary N) is 2. The second kappa shape index (κ2) is 11.7. The zero-order chi connectivity index (χ0) is 27.3. The molecule has 14 nitrogen and oxygen atoms in total. The number of anilines is 4. The number of nitrogen functional groups attached to an aromatic ring is 2. The number of carbonyl (C=O) groups excluding carboxylic acids is 2. The van der Waals surface area contributed by atoms with Crippen molar-refractivity contribution in [2.75, 3.05) is 34.8 Å². The number of ether oxygens (including phenoxy) is 1. The monoisotopic (exact) mass is 535 g/mol. The third-order valence-corrected chi connectivity index (χ3v) is 6.61. The number of carbonyl (C=O) groups is 4. The molecule has 2 amide bonds. The molecule has 15 heteroatoms. The Morgan fingerprint density at radius 3 is 2.62 bits per heavy atom. The molecule has 0 fully saturated rings. The first kappa shape index (κ1) is 27.4. The van der Waals surface area contributed by atoms with Crippen LogP contribution in [0.15, 0.2) is 12.1 Å². The molecule has 0 aromatic carbocycles. The average Bonchev–Trinajstić information content (AvgIpc) is 3.43. The molecule has 0 radical (unpaired) electrons. The molecule has 1 aliphatic heterocycles. The summed E-state index contributed by atoms with van der Waals surface area (Å²) in [4.78, 5) is 57.5. The fourth-order valence-electron chi connectivity index (χ4n) is 3.80. The van der Waals surface area contributed by atoms with E-state index < -0.39 is 36.4 Å². The van der Waals surface area contributed by atoms with E-state index in [1.807, 2.05) is 0 Å². The first-order valence-corrected chi connectivity index (χ1v) is 12.3. The highest BCUT2D eigenvalue weighted by Gasteiger charge is 2.30. The maximum absolute atomic E-state index is 12.9. The van der Waals surface area contributed by atoms with Crippen molar-refractivity contribution < 1.29 is 34.1 Å². The number of aliphatic carboxylic acids is 2. The van der Waals surface area contributed by atoms with Crippen LogP contribution in [0.3, 0.4) is 0 Å². The number of thiophene rings is 1. The van der Waals surface area contributed by atoms with E-state index in [-0.39, 0.29) is 41.6 Å². The Morgan fingerprint density at radius 1 is 1.24 bits per heavy atom. The van der Waals surface area contributed by atoms with Gasteiger partial charge in [0.1, 0.15) is 22.7 Å². The molecule has 0 saturated heterocycles. The van der Waals surface area contributed by atoms with Crippen LogP contribution in [0.25, 0.3) is 0 Å². The van der Waals surface area contributed by atoms with Gasteiger partial charge in [-0.05, 0) is 38.8 Å². The molecular weight excluding hydrogens is 506 g/mol. The van der Waals surface area contributed by atoms with Gasteiger partial charge in [-0.25, -0.2) is 9.59 Å². The summed E-state index contributed by atoms with van der Waals surface area (Å²) in [7, 11) is 0. The summed E-state index contributed by atoms with van der Waals surface area (Å²) in [6.07, 6.45) is -1.20. The van der Waals surface area contributed by atoms with Gasteiger partial charge in [-0.2, -0.15) is 9.97 Å². The molecule has 1 aliphatic rings. The number of aromatic nitrogens is 2. The van der Waals surface area contributed by atoms with E-state index in [1.54, 1.807) is 19.9 Å². The number of nitrogens with one attached hydrogen (secondary N) is 2. The van der Waals surface area contributed by atoms with Gasteiger partial charge in [0.15, 0.2) is 0 Å². The number of amides is 2. The minimum Gasteiger partial charge on any atom is -0.481 e. The second-order valence-corrected chi connectivity index (χ2v) is 9.68. The first-order chi connectivity index (χ1) is 17.5.